The molecule has 102 valence electrons. The van der Waals surface area contributed by atoms with Crippen molar-refractivity contribution < 1.29 is 14.3 Å². The molecule has 1 aromatic carbocycles. The monoisotopic (exact) mass is 261 g/mol. The van der Waals surface area contributed by atoms with Crippen LogP contribution in [0.1, 0.15) is 30.7 Å². The summed E-state index contributed by atoms with van der Waals surface area (Å²) in [7, 11) is 0. The summed E-state index contributed by atoms with van der Waals surface area (Å²) in [6, 6.07) is 8.14. The van der Waals surface area contributed by atoms with E-state index < -0.39 is 0 Å². The van der Waals surface area contributed by atoms with Crippen LogP contribution in [-0.4, -0.2) is 31.8 Å². The summed E-state index contributed by atoms with van der Waals surface area (Å²) in [5.74, 6) is 0.104. The molecular formula is C15H19NO3. The molecule has 0 aromatic heterocycles. The van der Waals surface area contributed by atoms with Crippen LogP contribution in [0.15, 0.2) is 24.3 Å². The first-order chi connectivity index (χ1) is 9.33. The van der Waals surface area contributed by atoms with Crippen LogP contribution in [0.3, 0.4) is 0 Å². The van der Waals surface area contributed by atoms with E-state index in [0.29, 0.717) is 13.0 Å². The maximum absolute atomic E-state index is 11.9. The minimum atomic E-state index is -0.126. The van der Waals surface area contributed by atoms with Crippen LogP contribution in [0.25, 0.3) is 0 Å². The van der Waals surface area contributed by atoms with Crippen LogP contribution >= 0.6 is 0 Å². The van der Waals surface area contributed by atoms with Gasteiger partial charge >= 0.3 is 5.97 Å². The standard InChI is InChI=1S/C15H19NO3/c17-15(19-10-12-4-3-7-18-12)8-11-9-16-14-6-2-1-5-13(11)14/h1-2,5-6,11-12,16H,3-4,7-10H2. The molecule has 0 amide bonds. The molecule has 0 bridgehead atoms. The largest absolute Gasteiger partial charge is 0.463 e. The van der Waals surface area contributed by atoms with Gasteiger partial charge in [-0.3, -0.25) is 4.79 Å². The van der Waals surface area contributed by atoms with E-state index in [-0.39, 0.29) is 18.0 Å². The Kier molecular flexibility index (Phi) is 3.69. The number of para-hydroxylation sites is 1. The summed E-state index contributed by atoms with van der Waals surface area (Å²) < 4.78 is 10.8. The Balaban J connectivity index is 1.50. The highest BCUT2D eigenvalue weighted by Crippen LogP contribution is 2.33. The van der Waals surface area contributed by atoms with E-state index in [1.807, 2.05) is 18.2 Å². The van der Waals surface area contributed by atoms with E-state index in [4.69, 9.17) is 9.47 Å². The van der Waals surface area contributed by atoms with E-state index >= 15 is 0 Å². The van der Waals surface area contributed by atoms with E-state index in [1.54, 1.807) is 0 Å². The molecule has 2 heterocycles. The number of nitrogens with one attached hydrogen (secondary N) is 1. The van der Waals surface area contributed by atoms with Gasteiger partial charge in [0.2, 0.25) is 0 Å². The minimum absolute atomic E-state index is 0.109. The average Bonchev–Trinajstić information content (AvgIpc) is 3.07. The first-order valence-electron chi connectivity index (χ1n) is 6.93. The first kappa shape index (κ1) is 12.5. The highest BCUT2D eigenvalue weighted by Gasteiger charge is 2.25. The van der Waals surface area contributed by atoms with Gasteiger partial charge in [-0.15, -0.1) is 0 Å². The predicted octanol–water partition coefficient (Wildman–Crippen LogP) is 2.31. The molecule has 2 aliphatic rings. The molecule has 0 saturated carbocycles. The highest BCUT2D eigenvalue weighted by molar-refractivity contribution is 5.72. The zero-order valence-electron chi connectivity index (χ0n) is 10.9. The number of rotatable bonds is 4. The third kappa shape index (κ3) is 2.89. The second-order valence-electron chi connectivity index (χ2n) is 5.19. The topological polar surface area (TPSA) is 47.6 Å². The molecule has 1 aromatic rings. The van der Waals surface area contributed by atoms with Crippen molar-refractivity contribution in [2.75, 3.05) is 25.1 Å². The van der Waals surface area contributed by atoms with Gasteiger partial charge < -0.3 is 14.8 Å². The molecule has 3 rings (SSSR count). The number of anilines is 1. The van der Waals surface area contributed by atoms with E-state index in [2.05, 4.69) is 11.4 Å². The second kappa shape index (κ2) is 5.61. The van der Waals surface area contributed by atoms with Crippen molar-refractivity contribution >= 4 is 11.7 Å². The maximum Gasteiger partial charge on any atom is 0.306 e. The van der Waals surface area contributed by atoms with Crippen LogP contribution in [0, 0.1) is 0 Å². The van der Waals surface area contributed by atoms with E-state index in [0.717, 1.165) is 31.7 Å². The van der Waals surface area contributed by atoms with Gasteiger partial charge in [0.1, 0.15) is 6.61 Å². The average molecular weight is 261 g/mol. The number of hydrogen-bond acceptors (Lipinski definition) is 4. The Morgan fingerprint density at radius 3 is 3.16 bits per heavy atom. The van der Waals surface area contributed by atoms with Crippen LogP contribution < -0.4 is 5.32 Å². The van der Waals surface area contributed by atoms with Crippen molar-refractivity contribution in [1.82, 2.24) is 0 Å². The number of hydrogen-bond donors (Lipinski definition) is 1. The van der Waals surface area contributed by atoms with Gasteiger partial charge in [-0.1, -0.05) is 18.2 Å². The van der Waals surface area contributed by atoms with Gasteiger partial charge in [0.05, 0.1) is 12.5 Å². The molecule has 19 heavy (non-hydrogen) atoms. The van der Waals surface area contributed by atoms with Crippen molar-refractivity contribution in [2.24, 2.45) is 0 Å². The van der Waals surface area contributed by atoms with Gasteiger partial charge in [0, 0.05) is 24.8 Å². The Morgan fingerprint density at radius 2 is 2.32 bits per heavy atom. The summed E-state index contributed by atoms with van der Waals surface area (Å²) in [4.78, 5) is 11.9. The summed E-state index contributed by atoms with van der Waals surface area (Å²) in [5, 5.41) is 3.32. The molecule has 1 saturated heterocycles. The fourth-order valence-electron chi connectivity index (χ4n) is 2.76. The van der Waals surface area contributed by atoms with Crippen molar-refractivity contribution in [3.05, 3.63) is 29.8 Å². The van der Waals surface area contributed by atoms with Crippen LogP contribution in [0.2, 0.25) is 0 Å². The zero-order chi connectivity index (χ0) is 13.1. The Labute approximate surface area is 113 Å². The predicted molar refractivity (Wildman–Crippen MR) is 72.2 cm³/mol. The van der Waals surface area contributed by atoms with Gasteiger partial charge in [0.15, 0.2) is 0 Å². The fourth-order valence-corrected chi connectivity index (χ4v) is 2.76. The first-order valence-corrected chi connectivity index (χ1v) is 6.93. The third-order valence-corrected chi connectivity index (χ3v) is 3.81. The van der Waals surface area contributed by atoms with Crippen LogP contribution in [0.4, 0.5) is 5.69 Å². The van der Waals surface area contributed by atoms with Crippen LogP contribution in [-0.2, 0) is 14.3 Å². The summed E-state index contributed by atoms with van der Waals surface area (Å²) >= 11 is 0. The number of ether oxygens (including phenoxy) is 2. The lowest BCUT2D eigenvalue weighted by Crippen LogP contribution is -2.19. The molecule has 2 aliphatic heterocycles. The number of esters is 1. The van der Waals surface area contributed by atoms with Gasteiger partial charge in [0.25, 0.3) is 0 Å². The molecule has 4 heteroatoms. The lowest BCUT2D eigenvalue weighted by Gasteiger charge is -2.12. The van der Waals surface area contributed by atoms with Crippen molar-refractivity contribution in [3.63, 3.8) is 0 Å². The molecule has 0 spiro atoms. The molecule has 2 atom stereocenters. The molecule has 2 unspecified atom stereocenters. The summed E-state index contributed by atoms with van der Waals surface area (Å²) in [5.41, 5.74) is 2.36. The molecule has 1 fully saturated rings. The number of fused-ring (bicyclic) bond motifs is 1. The van der Waals surface area contributed by atoms with Crippen molar-refractivity contribution in [2.45, 2.75) is 31.3 Å². The molecule has 0 radical (unpaired) electrons. The quantitative estimate of drug-likeness (QED) is 0.845. The number of benzene rings is 1. The Hall–Kier alpha value is -1.55. The normalized spacial score (nSPS) is 24.8. The summed E-state index contributed by atoms with van der Waals surface area (Å²) in [6.45, 7) is 2.01. The smallest absolute Gasteiger partial charge is 0.306 e. The van der Waals surface area contributed by atoms with Gasteiger partial charge in [-0.05, 0) is 24.5 Å². The SMILES string of the molecule is O=C(CC1CNc2ccccc21)OCC1CCCO1. The van der Waals surface area contributed by atoms with E-state index in [9.17, 15) is 4.79 Å². The van der Waals surface area contributed by atoms with Crippen molar-refractivity contribution in [3.8, 4) is 0 Å². The van der Waals surface area contributed by atoms with E-state index in [1.165, 1.54) is 5.56 Å². The second-order valence-corrected chi connectivity index (χ2v) is 5.19. The number of carbonyl (C=O) groups excluding carboxylic acids is 1. The fraction of sp³-hybridized carbons (Fsp3) is 0.533. The summed E-state index contributed by atoms with van der Waals surface area (Å²) in [6.07, 6.45) is 2.62. The molecule has 4 nitrogen and oxygen atoms in total. The highest BCUT2D eigenvalue weighted by atomic mass is 16.6. The zero-order valence-corrected chi connectivity index (χ0v) is 10.9. The molecule has 0 aliphatic carbocycles. The van der Waals surface area contributed by atoms with Gasteiger partial charge in [-0.25, -0.2) is 0 Å². The third-order valence-electron chi connectivity index (χ3n) is 3.81. The Bertz CT molecular complexity index is 454. The lowest BCUT2D eigenvalue weighted by molar-refractivity contribution is -0.147. The molecule has 1 N–H and O–H groups in total. The number of carbonyl (C=O) groups is 1. The minimum Gasteiger partial charge on any atom is -0.463 e. The Morgan fingerprint density at radius 1 is 1.42 bits per heavy atom. The van der Waals surface area contributed by atoms with Crippen LogP contribution in [0.5, 0.6) is 0 Å². The maximum atomic E-state index is 11.9. The molecular weight excluding hydrogens is 242 g/mol. The van der Waals surface area contributed by atoms with Crippen molar-refractivity contribution in [1.29, 1.82) is 0 Å². The lowest BCUT2D eigenvalue weighted by atomic mass is 9.98. The van der Waals surface area contributed by atoms with Gasteiger partial charge in [-0.2, -0.15) is 0 Å².